The SMILES string of the molecule is CCc1cc(-c2ccc(CN(C(=O)c3ccc(C)cc3)C3CCN(CCC(C)C)CC3)cc2)on1. The van der Waals surface area contributed by atoms with Crippen LogP contribution in [-0.2, 0) is 13.0 Å². The van der Waals surface area contributed by atoms with E-state index < -0.39 is 0 Å². The van der Waals surface area contributed by atoms with Crippen molar-refractivity contribution in [3.63, 3.8) is 0 Å². The van der Waals surface area contributed by atoms with Gasteiger partial charge in [0.1, 0.15) is 0 Å². The number of hydrogen-bond acceptors (Lipinski definition) is 4. The fraction of sp³-hybridized carbons (Fsp3) is 0.467. The third kappa shape index (κ3) is 6.61. The van der Waals surface area contributed by atoms with E-state index in [0.717, 1.165) is 73.0 Å². The Hall–Kier alpha value is -2.92. The van der Waals surface area contributed by atoms with Gasteiger partial charge >= 0.3 is 0 Å². The minimum absolute atomic E-state index is 0.123. The Balaban J connectivity index is 1.49. The summed E-state index contributed by atoms with van der Waals surface area (Å²) in [6.45, 7) is 12.6. The zero-order valence-corrected chi connectivity index (χ0v) is 21.7. The maximum absolute atomic E-state index is 13.7. The first kappa shape index (κ1) is 25.2. The largest absolute Gasteiger partial charge is 0.356 e. The molecule has 0 unspecified atom stereocenters. The molecule has 1 aromatic heterocycles. The number of aryl methyl sites for hydroxylation is 2. The number of amides is 1. The molecule has 5 nitrogen and oxygen atoms in total. The van der Waals surface area contributed by atoms with Crippen LogP contribution in [0.25, 0.3) is 11.3 Å². The number of benzene rings is 2. The van der Waals surface area contributed by atoms with E-state index in [1.807, 2.05) is 30.3 Å². The van der Waals surface area contributed by atoms with E-state index in [1.165, 1.54) is 12.0 Å². The first-order chi connectivity index (χ1) is 16.9. The topological polar surface area (TPSA) is 49.6 Å². The first-order valence-electron chi connectivity index (χ1n) is 13.1. The third-order valence-electron chi connectivity index (χ3n) is 7.09. The second-order valence-electron chi connectivity index (χ2n) is 10.3. The third-order valence-corrected chi connectivity index (χ3v) is 7.09. The molecule has 1 aliphatic rings. The van der Waals surface area contributed by atoms with Crippen molar-refractivity contribution >= 4 is 5.91 Å². The van der Waals surface area contributed by atoms with Crippen molar-refractivity contribution < 1.29 is 9.32 Å². The highest BCUT2D eigenvalue weighted by atomic mass is 16.5. The molecule has 0 N–H and O–H groups in total. The van der Waals surface area contributed by atoms with Crippen LogP contribution in [0, 0.1) is 12.8 Å². The lowest BCUT2D eigenvalue weighted by molar-refractivity contribution is 0.0546. The van der Waals surface area contributed by atoms with Gasteiger partial charge in [0.2, 0.25) is 0 Å². The van der Waals surface area contributed by atoms with Gasteiger partial charge < -0.3 is 14.3 Å². The number of aromatic nitrogens is 1. The van der Waals surface area contributed by atoms with Crippen molar-refractivity contribution in [3.8, 4) is 11.3 Å². The summed E-state index contributed by atoms with van der Waals surface area (Å²) in [5, 5.41) is 4.10. The van der Waals surface area contributed by atoms with E-state index in [9.17, 15) is 4.79 Å². The molecule has 0 bridgehead atoms. The van der Waals surface area contributed by atoms with Crippen molar-refractivity contribution in [2.24, 2.45) is 5.92 Å². The maximum Gasteiger partial charge on any atom is 0.254 e. The molecule has 1 saturated heterocycles. The summed E-state index contributed by atoms with van der Waals surface area (Å²) in [5.41, 5.74) is 5.03. The van der Waals surface area contributed by atoms with Crippen molar-refractivity contribution in [3.05, 3.63) is 77.0 Å². The average molecular weight is 474 g/mol. The lowest BCUT2D eigenvalue weighted by Crippen LogP contribution is -2.47. The molecule has 2 aromatic carbocycles. The Morgan fingerprint density at radius 2 is 1.77 bits per heavy atom. The first-order valence-corrected chi connectivity index (χ1v) is 13.1. The standard InChI is InChI=1S/C30H39N3O2/c1-5-27-20-29(35-31-27)25-12-8-24(9-13-25)21-33(30(34)26-10-6-23(4)7-11-26)28-15-18-32(19-16-28)17-14-22(2)3/h6-13,20,22,28H,5,14-19,21H2,1-4H3. The van der Waals surface area contributed by atoms with Crippen molar-refractivity contribution in [1.82, 2.24) is 15.0 Å². The number of carbonyl (C=O) groups is 1. The monoisotopic (exact) mass is 473 g/mol. The average Bonchev–Trinajstić information content (AvgIpc) is 3.36. The zero-order chi connectivity index (χ0) is 24.8. The fourth-order valence-corrected chi connectivity index (χ4v) is 4.71. The van der Waals surface area contributed by atoms with Crippen molar-refractivity contribution in [2.75, 3.05) is 19.6 Å². The van der Waals surface area contributed by atoms with E-state index in [-0.39, 0.29) is 11.9 Å². The summed E-state index contributed by atoms with van der Waals surface area (Å²) in [5.74, 6) is 1.63. The summed E-state index contributed by atoms with van der Waals surface area (Å²) in [4.78, 5) is 18.3. The Morgan fingerprint density at radius 1 is 1.09 bits per heavy atom. The lowest BCUT2D eigenvalue weighted by Gasteiger charge is -2.39. The van der Waals surface area contributed by atoms with Gasteiger partial charge in [0.05, 0.1) is 5.69 Å². The Bertz CT molecular complexity index is 1080. The number of rotatable bonds is 9. The predicted molar refractivity (Wildman–Crippen MR) is 141 cm³/mol. The molecule has 1 fully saturated rings. The van der Waals surface area contributed by atoms with Crippen LogP contribution in [0.1, 0.15) is 67.2 Å². The molecule has 35 heavy (non-hydrogen) atoms. The van der Waals surface area contributed by atoms with Gasteiger partial charge in [-0.3, -0.25) is 4.79 Å². The van der Waals surface area contributed by atoms with Crippen LogP contribution in [-0.4, -0.2) is 46.5 Å². The molecule has 0 radical (unpaired) electrons. The molecule has 0 saturated carbocycles. The van der Waals surface area contributed by atoms with Gasteiger partial charge in [0.15, 0.2) is 5.76 Å². The highest BCUT2D eigenvalue weighted by Gasteiger charge is 2.29. The zero-order valence-electron chi connectivity index (χ0n) is 21.7. The molecule has 2 heterocycles. The van der Waals surface area contributed by atoms with E-state index in [0.29, 0.717) is 6.54 Å². The predicted octanol–water partition coefficient (Wildman–Crippen LogP) is 6.37. The van der Waals surface area contributed by atoms with E-state index in [2.05, 4.69) is 66.9 Å². The highest BCUT2D eigenvalue weighted by molar-refractivity contribution is 5.94. The van der Waals surface area contributed by atoms with Crippen LogP contribution in [0.4, 0.5) is 0 Å². The molecule has 3 aromatic rings. The van der Waals surface area contributed by atoms with Gasteiger partial charge in [-0.25, -0.2) is 0 Å². The van der Waals surface area contributed by atoms with E-state index >= 15 is 0 Å². The summed E-state index contributed by atoms with van der Waals surface area (Å²) >= 11 is 0. The second kappa shape index (κ2) is 11.7. The van der Waals surface area contributed by atoms with Crippen LogP contribution in [0.15, 0.2) is 59.1 Å². The van der Waals surface area contributed by atoms with Crippen LogP contribution >= 0.6 is 0 Å². The fourth-order valence-electron chi connectivity index (χ4n) is 4.71. The maximum atomic E-state index is 13.7. The van der Waals surface area contributed by atoms with E-state index in [4.69, 9.17) is 4.52 Å². The molecule has 0 spiro atoms. The van der Waals surface area contributed by atoms with Gasteiger partial charge in [0.25, 0.3) is 5.91 Å². The summed E-state index contributed by atoms with van der Waals surface area (Å²) in [6, 6.07) is 18.6. The Morgan fingerprint density at radius 3 is 2.37 bits per heavy atom. The molecule has 0 aliphatic carbocycles. The van der Waals surface area contributed by atoms with Crippen molar-refractivity contribution in [1.29, 1.82) is 0 Å². The summed E-state index contributed by atoms with van der Waals surface area (Å²) in [7, 11) is 0. The van der Waals surface area contributed by atoms with Gasteiger partial charge in [-0.1, -0.05) is 67.9 Å². The molecule has 186 valence electrons. The molecule has 4 rings (SSSR count). The normalized spacial score (nSPS) is 15.0. The number of nitrogens with zero attached hydrogens (tertiary/aromatic N) is 3. The van der Waals surface area contributed by atoms with Crippen LogP contribution in [0.3, 0.4) is 0 Å². The second-order valence-corrected chi connectivity index (χ2v) is 10.3. The summed E-state index contributed by atoms with van der Waals surface area (Å²) < 4.78 is 5.49. The molecular formula is C30H39N3O2. The molecule has 1 aliphatic heterocycles. The van der Waals surface area contributed by atoms with Crippen LogP contribution in [0.5, 0.6) is 0 Å². The van der Waals surface area contributed by atoms with E-state index in [1.54, 1.807) is 0 Å². The molecule has 0 atom stereocenters. The quantitative estimate of drug-likeness (QED) is 0.363. The van der Waals surface area contributed by atoms with Crippen molar-refractivity contribution in [2.45, 2.75) is 66.0 Å². The van der Waals surface area contributed by atoms with Gasteiger partial charge in [-0.15, -0.1) is 0 Å². The lowest BCUT2D eigenvalue weighted by atomic mass is 9.99. The van der Waals surface area contributed by atoms with Crippen LogP contribution < -0.4 is 0 Å². The molecular weight excluding hydrogens is 434 g/mol. The number of piperidine rings is 1. The number of likely N-dealkylation sites (tertiary alicyclic amines) is 1. The smallest absolute Gasteiger partial charge is 0.254 e. The van der Waals surface area contributed by atoms with Gasteiger partial charge in [-0.05, 0) is 62.8 Å². The number of hydrogen-bond donors (Lipinski definition) is 0. The minimum Gasteiger partial charge on any atom is -0.356 e. The number of carbonyl (C=O) groups excluding carboxylic acids is 1. The Labute approximate surface area is 210 Å². The summed E-state index contributed by atoms with van der Waals surface area (Å²) in [6.07, 6.45) is 4.12. The van der Waals surface area contributed by atoms with Crippen LogP contribution in [0.2, 0.25) is 0 Å². The Kier molecular flexibility index (Phi) is 8.40. The molecule has 5 heteroatoms. The highest BCUT2D eigenvalue weighted by Crippen LogP contribution is 2.25. The molecule has 1 amide bonds. The van der Waals surface area contributed by atoms with Gasteiger partial charge in [0, 0.05) is 42.9 Å². The minimum atomic E-state index is 0.123. The van der Waals surface area contributed by atoms with Gasteiger partial charge in [-0.2, -0.15) is 0 Å².